The molecule has 0 saturated carbocycles. The van der Waals surface area contributed by atoms with E-state index in [4.69, 9.17) is 5.73 Å². The van der Waals surface area contributed by atoms with Gasteiger partial charge in [-0.05, 0) is 24.2 Å². The molecule has 1 aromatic heterocycles. The van der Waals surface area contributed by atoms with E-state index in [1.807, 2.05) is 36.4 Å². The number of aromatic nitrogens is 1. The molecule has 0 amide bonds. The molecule has 2 aromatic carbocycles. The average Bonchev–Trinajstić information content (AvgIpc) is 2.93. The van der Waals surface area contributed by atoms with Gasteiger partial charge in [0.2, 0.25) is 0 Å². The number of halogens is 1. The fraction of sp³-hybridized carbons (Fsp3) is 0.118. The van der Waals surface area contributed by atoms with Gasteiger partial charge in [0.15, 0.2) is 0 Å². The van der Waals surface area contributed by atoms with Crippen molar-refractivity contribution in [3.8, 4) is 21.7 Å². The molecule has 21 heavy (non-hydrogen) atoms. The zero-order valence-corrected chi connectivity index (χ0v) is 12.2. The van der Waals surface area contributed by atoms with Crippen LogP contribution in [0, 0.1) is 5.82 Å². The molecule has 0 aliphatic heterocycles. The summed E-state index contributed by atoms with van der Waals surface area (Å²) in [6.45, 7) is 0.560. The van der Waals surface area contributed by atoms with Crippen molar-refractivity contribution < 1.29 is 4.39 Å². The molecule has 0 saturated heterocycles. The summed E-state index contributed by atoms with van der Waals surface area (Å²) in [5.74, 6) is -0.250. The highest BCUT2D eigenvalue weighted by Crippen LogP contribution is 2.37. The van der Waals surface area contributed by atoms with E-state index in [1.54, 1.807) is 17.4 Å². The van der Waals surface area contributed by atoms with Gasteiger partial charge in [-0.1, -0.05) is 42.5 Å². The van der Waals surface area contributed by atoms with E-state index < -0.39 is 0 Å². The lowest BCUT2D eigenvalue weighted by atomic mass is 10.1. The molecule has 0 radical (unpaired) electrons. The van der Waals surface area contributed by atoms with Gasteiger partial charge in [0.05, 0.1) is 15.6 Å². The average molecular weight is 298 g/mol. The van der Waals surface area contributed by atoms with Crippen molar-refractivity contribution in [3.63, 3.8) is 0 Å². The predicted octanol–water partition coefficient (Wildman–Crippen LogP) is 4.12. The first kappa shape index (κ1) is 13.9. The molecule has 0 unspecified atom stereocenters. The second kappa shape index (κ2) is 6.16. The van der Waals surface area contributed by atoms with Crippen LogP contribution in [0.4, 0.5) is 4.39 Å². The molecule has 1 heterocycles. The van der Waals surface area contributed by atoms with Crippen molar-refractivity contribution in [2.24, 2.45) is 5.73 Å². The van der Waals surface area contributed by atoms with Crippen molar-refractivity contribution in [2.45, 2.75) is 6.42 Å². The highest BCUT2D eigenvalue weighted by molar-refractivity contribution is 7.15. The van der Waals surface area contributed by atoms with Crippen LogP contribution < -0.4 is 5.73 Å². The molecular weight excluding hydrogens is 283 g/mol. The highest BCUT2D eigenvalue weighted by atomic mass is 32.1. The van der Waals surface area contributed by atoms with Crippen LogP contribution in [0.15, 0.2) is 54.6 Å². The lowest BCUT2D eigenvalue weighted by Gasteiger charge is -2.02. The zero-order valence-electron chi connectivity index (χ0n) is 11.4. The Morgan fingerprint density at radius 2 is 1.76 bits per heavy atom. The monoisotopic (exact) mass is 298 g/mol. The van der Waals surface area contributed by atoms with Crippen LogP contribution in [0.2, 0.25) is 0 Å². The third kappa shape index (κ3) is 3.01. The van der Waals surface area contributed by atoms with Crippen LogP contribution in [0.3, 0.4) is 0 Å². The van der Waals surface area contributed by atoms with Gasteiger partial charge in [0.25, 0.3) is 0 Å². The summed E-state index contributed by atoms with van der Waals surface area (Å²) in [5, 5.41) is 0.982. The summed E-state index contributed by atoms with van der Waals surface area (Å²) in [5.41, 5.74) is 8.35. The van der Waals surface area contributed by atoms with Crippen molar-refractivity contribution in [1.29, 1.82) is 0 Å². The summed E-state index contributed by atoms with van der Waals surface area (Å²) in [6.07, 6.45) is 0.736. The van der Waals surface area contributed by atoms with Gasteiger partial charge in [0.1, 0.15) is 5.82 Å². The fourth-order valence-corrected chi connectivity index (χ4v) is 3.32. The number of hydrogen-bond acceptors (Lipinski definition) is 3. The summed E-state index contributed by atoms with van der Waals surface area (Å²) in [7, 11) is 0. The van der Waals surface area contributed by atoms with Crippen LogP contribution in [-0.4, -0.2) is 11.5 Å². The largest absolute Gasteiger partial charge is 0.330 e. The van der Waals surface area contributed by atoms with Crippen LogP contribution in [0.5, 0.6) is 0 Å². The lowest BCUT2D eigenvalue weighted by Crippen LogP contribution is -2.01. The van der Waals surface area contributed by atoms with Crippen molar-refractivity contribution >= 4 is 11.3 Å². The van der Waals surface area contributed by atoms with E-state index in [0.717, 1.165) is 33.1 Å². The number of benzene rings is 2. The van der Waals surface area contributed by atoms with Crippen LogP contribution in [0.25, 0.3) is 21.7 Å². The SMILES string of the molecule is NCCc1nc(-c2cccc(F)c2)c(-c2ccccc2)s1. The second-order valence-electron chi connectivity index (χ2n) is 4.70. The summed E-state index contributed by atoms with van der Waals surface area (Å²) in [4.78, 5) is 5.72. The van der Waals surface area contributed by atoms with Gasteiger partial charge >= 0.3 is 0 Å². The first-order valence-electron chi connectivity index (χ1n) is 6.79. The minimum absolute atomic E-state index is 0.250. The molecule has 4 heteroatoms. The molecule has 0 fully saturated rings. The third-order valence-electron chi connectivity index (χ3n) is 3.16. The number of nitrogens with zero attached hydrogens (tertiary/aromatic N) is 1. The van der Waals surface area contributed by atoms with E-state index in [9.17, 15) is 4.39 Å². The minimum atomic E-state index is -0.250. The molecule has 0 aliphatic rings. The van der Waals surface area contributed by atoms with Crippen molar-refractivity contribution in [3.05, 3.63) is 65.4 Å². The summed E-state index contributed by atoms with van der Waals surface area (Å²) < 4.78 is 13.5. The quantitative estimate of drug-likeness (QED) is 0.787. The van der Waals surface area contributed by atoms with Gasteiger partial charge in [0, 0.05) is 12.0 Å². The highest BCUT2D eigenvalue weighted by Gasteiger charge is 2.14. The normalized spacial score (nSPS) is 10.8. The van der Waals surface area contributed by atoms with E-state index in [1.165, 1.54) is 12.1 Å². The Morgan fingerprint density at radius 3 is 2.48 bits per heavy atom. The maximum atomic E-state index is 13.5. The Labute approximate surface area is 127 Å². The van der Waals surface area contributed by atoms with Gasteiger partial charge in [-0.3, -0.25) is 0 Å². The Hall–Kier alpha value is -2.04. The molecular formula is C17H15FN2S. The topological polar surface area (TPSA) is 38.9 Å². The van der Waals surface area contributed by atoms with Gasteiger partial charge in [-0.15, -0.1) is 11.3 Å². The van der Waals surface area contributed by atoms with Crippen molar-refractivity contribution in [1.82, 2.24) is 4.98 Å². The Balaban J connectivity index is 2.14. The maximum Gasteiger partial charge on any atom is 0.123 e. The van der Waals surface area contributed by atoms with Gasteiger partial charge in [-0.2, -0.15) is 0 Å². The Morgan fingerprint density at radius 1 is 1.00 bits per heavy atom. The number of hydrogen-bond donors (Lipinski definition) is 1. The molecule has 2 N–H and O–H groups in total. The van der Waals surface area contributed by atoms with Crippen molar-refractivity contribution in [2.75, 3.05) is 6.54 Å². The van der Waals surface area contributed by atoms with Crippen LogP contribution >= 0.6 is 11.3 Å². The predicted molar refractivity (Wildman–Crippen MR) is 85.7 cm³/mol. The molecule has 0 bridgehead atoms. The minimum Gasteiger partial charge on any atom is -0.330 e. The second-order valence-corrected chi connectivity index (χ2v) is 5.78. The molecule has 0 aliphatic carbocycles. The first-order valence-corrected chi connectivity index (χ1v) is 7.60. The molecule has 2 nitrogen and oxygen atoms in total. The van der Waals surface area contributed by atoms with Crippen LogP contribution in [-0.2, 0) is 6.42 Å². The van der Waals surface area contributed by atoms with Gasteiger partial charge in [-0.25, -0.2) is 9.37 Å². The molecule has 0 atom stereocenters. The first-order chi connectivity index (χ1) is 10.3. The van der Waals surface area contributed by atoms with Gasteiger partial charge < -0.3 is 5.73 Å². The lowest BCUT2D eigenvalue weighted by molar-refractivity contribution is 0.628. The fourth-order valence-electron chi connectivity index (χ4n) is 2.21. The molecule has 106 valence electrons. The van der Waals surface area contributed by atoms with E-state index >= 15 is 0 Å². The zero-order chi connectivity index (χ0) is 14.7. The standard InChI is InChI=1S/C17H15FN2S/c18-14-8-4-7-13(11-14)16-17(12-5-2-1-3-6-12)21-15(20-16)9-10-19/h1-8,11H,9-10,19H2. The summed E-state index contributed by atoms with van der Waals surface area (Å²) >= 11 is 1.62. The number of nitrogens with two attached hydrogens (primary N) is 1. The van der Waals surface area contributed by atoms with E-state index in [-0.39, 0.29) is 5.82 Å². The van der Waals surface area contributed by atoms with E-state index in [2.05, 4.69) is 4.98 Å². The molecule has 3 rings (SSSR count). The molecule has 0 spiro atoms. The smallest absolute Gasteiger partial charge is 0.123 e. The Kier molecular flexibility index (Phi) is 4.08. The molecule has 3 aromatic rings. The number of rotatable bonds is 4. The maximum absolute atomic E-state index is 13.5. The summed E-state index contributed by atoms with van der Waals surface area (Å²) in [6, 6.07) is 16.6. The van der Waals surface area contributed by atoms with Crippen LogP contribution in [0.1, 0.15) is 5.01 Å². The Bertz CT molecular complexity index is 738. The van der Waals surface area contributed by atoms with E-state index in [0.29, 0.717) is 6.54 Å². The number of thiazole rings is 1. The third-order valence-corrected chi connectivity index (χ3v) is 4.33.